The Bertz CT molecular complexity index is 1060. The molecule has 1 aromatic carbocycles. The number of aryl methyl sites for hydroxylation is 1. The summed E-state index contributed by atoms with van der Waals surface area (Å²) in [5, 5.41) is 7.15. The largest absolute Gasteiger partial charge is 0.474 e. The van der Waals surface area contributed by atoms with Crippen LogP contribution in [0.2, 0.25) is 0 Å². The van der Waals surface area contributed by atoms with Gasteiger partial charge in [-0.25, -0.2) is 4.98 Å². The Hall–Kier alpha value is -2.75. The molecular weight excluding hydrogens is 310 g/mol. The third-order valence-corrected chi connectivity index (χ3v) is 5.36. The molecule has 0 radical (unpaired) electrons. The van der Waals surface area contributed by atoms with Crippen LogP contribution in [0.3, 0.4) is 0 Å². The smallest absolute Gasteiger partial charge is 0.213 e. The monoisotopic (exact) mass is 331 g/mol. The van der Waals surface area contributed by atoms with Crippen LogP contribution in [-0.4, -0.2) is 22.2 Å². The van der Waals surface area contributed by atoms with Crippen molar-refractivity contribution < 1.29 is 4.74 Å². The lowest BCUT2D eigenvalue weighted by atomic mass is 9.96. The average Bonchev–Trinajstić information content (AvgIpc) is 2.91. The number of fused-ring (bicyclic) bond motifs is 3. The van der Waals surface area contributed by atoms with E-state index in [4.69, 9.17) is 4.74 Å². The topological polar surface area (TPSA) is 39.1 Å². The summed E-state index contributed by atoms with van der Waals surface area (Å²) in [4.78, 5) is 4.49. The van der Waals surface area contributed by atoms with Crippen molar-refractivity contribution in [1.82, 2.24) is 14.9 Å². The number of pyridine rings is 1. The number of ether oxygens (including phenoxy) is 1. The van der Waals surface area contributed by atoms with Gasteiger partial charge in [0, 0.05) is 59.1 Å². The number of aromatic nitrogens is 2. The van der Waals surface area contributed by atoms with E-state index in [1.54, 1.807) is 0 Å². The fraction of sp³-hybridized carbons (Fsp3) is 0.286. The molecule has 1 saturated carbocycles. The van der Waals surface area contributed by atoms with Gasteiger partial charge in [-0.2, -0.15) is 0 Å². The van der Waals surface area contributed by atoms with Gasteiger partial charge in [-0.1, -0.05) is 12.1 Å². The van der Waals surface area contributed by atoms with E-state index < -0.39 is 0 Å². The van der Waals surface area contributed by atoms with Gasteiger partial charge >= 0.3 is 0 Å². The first-order valence-electron chi connectivity index (χ1n) is 8.95. The summed E-state index contributed by atoms with van der Waals surface area (Å²) < 4.78 is 8.13. The highest BCUT2D eigenvalue weighted by atomic mass is 16.5. The first-order chi connectivity index (χ1) is 12.3. The second-order valence-corrected chi connectivity index (χ2v) is 6.90. The van der Waals surface area contributed by atoms with Gasteiger partial charge in [0.05, 0.1) is 0 Å². The number of hydrogen-bond acceptors (Lipinski definition) is 3. The summed E-state index contributed by atoms with van der Waals surface area (Å²) in [6, 6.07) is 10.7. The van der Waals surface area contributed by atoms with Crippen LogP contribution in [0.4, 0.5) is 0 Å². The first-order valence-corrected chi connectivity index (χ1v) is 8.95. The molecule has 0 spiro atoms. The number of hydrogen-bond donors (Lipinski definition) is 1. The molecule has 3 aromatic rings. The Balaban J connectivity index is 1.53. The SMILES string of the molecule is Cn1c2c(c3ccc(-c4ccc(OC5CCC5)nc4)cc31)=CNCC=2. The highest BCUT2D eigenvalue weighted by Gasteiger charge is 2.19. The number of benzene rings is 1. The Labute approximate surface area is 146 Å². The maximum absolute atomic E-state index is 5.86. The molecule has 3 heterocycles. The van der Waals surface area contributed by atoms with Gasteiger partial charge in [-0.15, -0.1) is 0 Å². The molecule has 25 heavy (non-hydrogen) atoms. The fourth-order valence-electron chi connectivity index (χ4n) is 3.66. The Kier molecular flexibility index (Phi) is 3.30. The van der Waals surface area contributed by atoms with Crippen LogP contribution in [0, 0.1) is 0 Å². The highest BCUT2D eigenvalue weighted by molar-refractivity contribution is 5.87. The van der Waals surface area contributed by atoms with Gasteiger partial charge in [0.15, 0.2) is 0 Å². The van der Waals surface area contributed by atoms with Crippen molar-refractivity contribution in [3.8, 4) is 17.0 Å². The zero-order valence-electron chi connectivity index (χ0n) is 14.3. The normalized spacial score (nSPS) is 16.4. The molecule has 4 nitrogen and oxygen atoms in total. The summed E-state index contributed by atoms with van der Waals surface area (Å²) in [5.41, 5.74) is 3.54. The van der Waals surface area contributed by atoms with Gasteiger partial charge < -0.3 is 14.6 Å². The minimum atomic E-state index is 0.366. The molecule has 1 fully saturated rings. The second kappa shape index (κ2) is 5.66. The van der Waals surface area contributed by atoms with Gasteiger partial charge in [-0.3, -0.25) is 0 Å². The molecule has 2 aromatic heterocycles. The van der Waals surface area contributed by atoms with Crippen molar-refractivity contribution in [3.63, 3.8) is 0 Å². The van der Waals surface area contributed by atoms with Crippen LogP contribution in [0.1, 0.15) is 19.3 Å². The van der Waals surface area contributed by atoms with Crippen molar-refractivity contribution in [2.45, 2.75) is 25.4 Å². The molecule has 1 N–H and O–H groups in total. The number of rotatable bonds is 3. The van der Waals surface area contributed by atoms with Crippen LogP contribution < -0.4 is 20.6 Å². The molecule has 0 atom stereocenters. The standard InChI is InChI=1S/C21H21N3O/c1-24-19-9-10-22-13-18(19)17-7-5-14(11-20(17)24)15-6-8-21(23-12-15)25-16-3-2-4-16/h5-9,11-13,16,22H,2-4,10H2,1H3. The lowest BCUT2D eigenvalue weighted by molar-refractivity contribution is 0.114. The third kappa shape index (κ3) is 2.40. The molecule has 0 unspecified atom stereocenters. The molecule has 1 aliphatic carbocycles. The van der Waals surface area contributed by atoms with Crippen LogP contribution in [0.15, 0.2) is 36.5 Å². The van der Waals surface area contributed by atoms with Crippen LogP contribution in [0.5, 0.6) is 5.88 Å². The van der Waals surface area contributed by atoms with Gasteiger partial charge in [0.25, 0.3) is 0 Å². The predicted octanol–water partition coefficient (Wildman–Crippen LogP) is 2.29. The molecule has 126 valence electrons. The highest BCUT2D eigenvalue weighted by Crippen LogP contribution is 2.26. The molecule has 2 aliphatic rings. The van der Waals surface area contributed by atoms with E-state index in [1.165, 1.54) is 33.5 Å². The van der Waals surface area contributed by atoms with Gasteiger partial charge in [0.1, 0.15) is 6.10 Å². The van der Waals surface area contributed by atoms with E-state index >= 15 is 0 Å². The van der Waals surface area contributed by atoms with Crippen molar-refractivity contribution >= 4 is 23.2 Å². The predicted molar refractivity (Wildman–Crippen MR) is 101 cm³/mol. The van der Waals surface area contributed by atoms with E-state index in [0.29, 0.717) is 6.10 Å². The lowest BCUT2D eigenvalue weighted by Gasteiger charge is -2.25. The Morgan fingerprint density at radius 3 is 2.80 bits per heavy atom. The van der Waals surface area contributed by atoms with E-state index in [-0.39, 0.29) is 0 Å². The van der Waals surface area contributed by atoms with Crippen molar-refractivity contribution in [2.24, 2.45) is 7.05 Å². The second-order valence-electron chi connectivity index (χ2n) is 6.90. The zero-order valence-corrected chi connectivity index (χ0v) is 14.3. The minimum Gasteiger partial charge on any atom is -0.474 e. The van der Waals surface area contributed by atoms with Crippen LogP contribution in [-0.2, 0) is 7.05 Å². The molecule has 0 amide bonds. The molecule has 0 saturated heterocycles. The minimum absolute atomic E-state index is 0.366. The van der Waals surface area contributed by atoms with E-state index in [1.807, 2.05) is 12.3 Å². The maximum atomic E-state index is 5.86. The fourth-order valence-corrected chi connectivity index (χ4v) is 3.66. The number of nitrogens with one attached hydrogen (secondary N) is 1. The average molecular weight is 331 g/mol. The molecular formula is C21H21N3O. The zero-order chi connectivity index (χ0) is 16.8. The summed E-state index contributed by atoms with van der Waals surface area (Å²) in [7, 11) is 2.13. The lowest BCUT2D eigenvalue weighted by Crippen LogP contribution is -2.34. The third-order valence-electron chi connectivity index (χ3n) is 5.36. The Morgan fingerprint density at radius 2 is 2.04 bits per heavy atom. The first kappa shape index (κ1) is 14.6. The van der Waals surface area contributed by atoms with E-state index in [2.05, 4.69) is 58.5 Å². The van der Waals surface area contributed by atoms with Crippen molar-refractivity contribution in [1.29, 1.82) is 0 Å². The summed E-state index contributed by atoms with van der Waals surface area (Å²) in [6.07, 6.45) is 10.2. The molecule has 5 rings (SSSR count). The maximum Gasteiger partial charge on any atom is 0.213 e. The van der Waals surface area contributed by atoms with Crippen molar-refractivity contribution in [3.05, 3.63) is 47.1 Å². The molecule has 4 heteroatoms. The van der Waals surface area contributed by atoms with E-state index in [9.17, 15) is 0 Å². The molecule has 1 aliphatic heterocycles. The molecule has 0 bridgehead atoms. The summed E-state index contributed by atoms with van der Waals surface area (Å²) >= 11 is 0. The van der Waals surface area contributed by atoms with E-state index in [0.717, 1.165) is 30.8 Å². The number of nitrogens with zero attached hydrogens (tertiary/aromatic N) is 2. The van der Waals surface area contributed by atoms with Crippen LogP contribution >= 0.6 is 0 Å². The summed E-state index contributed by atoms with van der Waals surface area (Å²) in [6.45, 7) is 0.885. The Morgan fingerprint density at radius 1 is 1.16 bits per heavy atom. The van der Waals surface area contributed by atoms with Crippen LogP contribution in [0.25, 0.3) is 34.3 Å². The summed E-state index contributed by atoms with van der Waals surface area (Å²) in [5.74, 6) is 0.735. The van der Waals surface area contributed by atoms with Gasteiger partial charge in [0.2, 0.25) is 5.88 Å². The van der Waals surface area contributed by atoms with Crippen molar-refractivity contribution in [2.75, 3.05) is 6.54 Å². The quantitative estimate of drug-likeness (QED) is 0.800. The van der Waals surface area contributed by atoms with Gasteiger partial charge in [-0.05, 0) is 43.0 Å².